The first-order chi connectivity index (χ1) is 14.4. The molecule has 0 saturated heterocycles. The monoisotopic (exact) mass is 446 g/mol. The van der Waals surface area contributed by atoms with Crippen LogP contribution in [0.25, 0.3) is 17.5 Å². The van der Waals surface area contributed by atoms with Crippen molar-refractivity contribution in [3.63, 3.8) is 0 Å². The first kappa shape index (κ1) is 21.7. The molecule has 1 N–H and O–H groups in total. The molecule has 30 heavy (non-hydrogen) atoms. The minimum atomic E-state index is -1.13. The molecule has 156 valence electrons. The van der Waals surface area contributed by atoms with Crippen LogP contribution in [0.4, 0.5) is 0 Å². The highest BCUT2D eigenvalue weighted by molar-refractivity contribution is 8.03. The van der Waals surface area contributed by atoms with Crippen LogP contribution < -0.4 is 9.47 Å². The fourth-order valence-electron chi connectivity index (χ4n) is 2.54. The van der Waals surface area contributed by atoms with Crippen LogP contribution in [-0.4, -0.2) is 34.5 Å². The van der Waals surface area contributed by atoms with E-state index in [1.807, 2.05) is 19.9 Å². The molecule has 3 aromatic rings. The van der Waals surface area contributed by atoms with Gasteiger partial charge in [-0.05, 0) is 56.0 Å². The van der Waals surface area contributed by atoms with Crippen LogP contribution in [0.2, 0.25) is 5.02 Å². The summed E-state index contributed by atoms with van der Waals surface area (Å²) in [7, 11) is 1.51. The number of carboxylic acids is 1. The molecule has 2 aromatic carbocycles. The number of ether oxygens (including phenoxy) is 2. The number of halogens is 1. The predicted octanol–water partition coefficient (Wildman–Crippen LogP) is 5.40. The van der Waals surface area contributed by atoms with E-state index < -0.39 is 5.97 Å². The molecule has 0 amide bonds. The van der Waals surface area contributed by atoms with Gasteiger partial charge in [0.05, 0.1) is 18.8 Å². The van der Waals surface area contributed by atoms with E-state index in [1.165, 1.54) is 13.2 Å². The lowest BCUT2D eigenvalue weighted by Gasteiger charge is -2.12. The number of para-hydroxylation sites is 1. The van der Waals surface area contributed by atoms with E-state index in [0.29, 0.717) is 27.6 Å². The van der Waals surface area contributed by atoms with Gasteiger partial charge in [0.25, 0.3) is 11.1 Å². The van der Waals surface area contributed by atoms with Crippen LogP contribution in [0.15, 0.2) is 57.0 Å². The Morgan fingerprint density at radius 1 is 1.20 bits per heavy atom. The summed E-state index contributed by atoms with van der Waals surface area (Å²) in [5, 5.41) is 18.1. The van der Waals surface area contributed by atoms with Crippen molar-refractivity contribution in [1.82, 2.24) is 10.2 Å². The van der Waals surface area contributed by atoms with Crippen molar-refractivity contribution in [3.8, 4) is 23.0 Å². The van der Waals surface area contributed by atoms with Crippen molar-refractivity contribution in [2.45, 2.75) is 25.2 Å². The summed E-state index contributed by atoms with van der Waals surface area (Å²) in [5.74, 6) is 0.139. The van der Waals surface area contributed by atoms with Crippen LogP contribution in [0.1, 0.15) is 19.4 Å². The number of carboxylic acid groups (broad SMARTS) is 1. The second-order valence-electron chi connectivity index (χ2n) is 6.34. The highest BCUT2D eigenvalue weighted by Crippen LogP contribution is 2.35. The lowest BCUT2D eigenvalue weighted by Crippen LogP contribution is -2.06. The van der Waals surface area contributed by atoms with Crippen molar-refractivity contribution in [2.75, 3.05) is 7.11 Å². The molecule has 0 radical (unpaired) electrons. The van der Waals surface area contributed by atoms with E-state index in [1.54, 1.807) is 36.4 Å². The second-order valence-corrected chi connectivity index (χ2v) is 7.77. The van der Waals surface area contributed by atoms with Crippen molar-refractivity contribution < 1.29 is 23.8 Å². The lowest BCUT2D eigenvalue weighted by atomic mass is 10.2. The number of rotatable bonds is 8. The molecule has 7 nitrogen and oxygen atoms in total. The smallest absolute Gasteiger partial charge is 0.342 e. The van der Waals surface area contributed by atoms with Gasteiger partial charge in [0.2, 0.25) is 0 Å². The highest BCUT2D eigenvalue weighted by Gasteiger charge is 2.19. The van der Waals surface area contributed by atoms with Gasteiger partial charge in [-0.1, -0.05) is 29.8 Å². The Morgan fingerprint density at radius 3 is 2.67 bits per heavy atom. The van der Waals surface area contributed by atoms with Gasteiger partial charge < -0.3 is 19.0 Å². The number of carbonyl (C=O) groups is 1. The highest BCUT2D eigenvalue weighted by atomic mass is 35.5. The Kier molecular flexibility index (Phi) is 7.02. The number of methoxy groups -OCH3 is 1. The van der Waals surface area contributed by atoms with E-state index in [9.17, 15) is 9.90 Å². The molecule has 0 spiro atoms. The number of hydrogen-bond donors (Lipinski definition) is 1. The molecular weight excluding hydrogens is 428 g/mol. The van der Waals surface area contributed by atoms with Crippen LogP contribution in [-0.2, 0) is 4.79 Å². The van der Waals surface area contributed by atoms with Gasteiger partial charge in [-0.2, -0.15) is 0 Å². The van der Waals surface area contributed by atoms with Crippen LogP contribution in [0, 0.1) is 0 Å². The molecule has 0 atom stereocenters. The summed E-state index contributed by atoms with van der Waals surface area (Å²) in [4.78, 5) is 11.8. The van der Waals surface area contributed by atoms with Gasteiger partial charge in [-0.3, -0.25) is 0 Å². The lowest BCUT2D eigenvalue weighted by molar-refractivity contribution is -0.131. The van der Waals surface area contributed by atoms with E-state index in [4.69, 9.17) is 25.5 Å². The summed E-state index contributed by atoms with van der Waals surface area (Å²) in [5.41, 5.74) is 1.15. The SMILES string of the molecule is COc1ccc(Cl)cc1-c1nnc(S/C(=C\c2ccccc2OC(C)C)C(=O)O)o1. The van der Waals surface area contributed by atoms with Gasteiger partial charge in [0.1, 0.15) is 16.4 Å². The maximum Gasteiger partial charge on any atom is 0.342 e. The summed E-state index contributed by atoms with van der Waals surface area (Å²) in [6.45, 7) is 3.80. The Morgan fingerprint density at radius 2 is 1.97 bits per heavy atom. The maximum atomic E-state index is 11.8. The minimum absolute atomic E-state index is 0.00284. The van der Waals surface area contributed by atoms with Crippen LogP contribution >= 0.6 is 23.4 Å². The topological polar surface area (TPSA) is 94.7 Å². The molecule has 0 aliphatic carbocycles. The molecule has 0 aliphatic heterocycles. The number of thioether (sulfide) groups is 1. The van der Waals surface area contributed by atoms with E-state index >= 15 is 0 Å². The Hall–Kier alpha value is -2.97. The number of aromatic nitrogens is 2. The second kappa shape index (κ2) is 9.69. The molecule has 0 unspecified atom stereocenters. The zero-order valence-corrected chi connectivity index (χ0v) is 18.0. The molecule has 1 heterocycles. The van der Waals surface area contributed by atoms with Crippen LogP contribution in [0.3, 0.4) is 0 Å². The molecular formula is C21H19ClN2O5S. The van der Waals surface area contributed by atoms with Crippen molar-refractivity contribution in [1.29, 1.82) is 0 Å². The third-order valence-corrected chi connectivity index (χ3v) is 4.86. The van der Waals surface area contributed by atoms with Crippen molar-refractivity contribution in [2.24, 2.45) is 0 Å². The molecule has 0 fully saturated rings. The third kappa shape index (κ3) is 5.34. The number of benzene rings is 2. The fourth-order valence-corrected chi connectivity index (χ4v) is 3.37. The predicted molar refractivity (Wildman–Crippen MR) is 115 cm³/mol. The van der Waals surface area contributed by atoms with E-state index in [0.717, 1.165) is 11.8 Å². The Bertz CT molecular complexity index is 1080. The molecule has 9 heteroatoms. The van der Waals surface area contributed by atoms with Gasteiger partial charge in [0, 0.05) is 10.6 Å². The van der Waals surface area contributed by atoms with Crippen molar-refractivity contribution in [3.05, 3.63) is 58.0 Å². The molecule has 1 aromatic heterocycles. The van der Waals surface area contributed by atoms with Crippen molar-refractivity contribution >= 4 is 35.4 Å². The molecule has 3 rings (SSSR count). The summed E-state index contributed by atoms with van der Waals surface area (Å²) in [6, 6.07) is 12.2. The zero-order chi connectivity index (χ0) is 21.7. The average Bonchev–Trinajstić information content (AvgIpc) is 3.17. The van der Waals surface area contributed by atoms with Gasteiger partial charge in [-0.15, -0.1) is 10.2 Å². The number of hydrogen-bond acceptors (Lipinski definition) is 7. The Labute approximate surface area is 182 Å². The van der Waals surface area contributed by atoms with E-state index in [2.05, 4.69) is 10.2 Å². The molecule has 0 aliphatic rings. The van der Waals surface area contributed by atoms with Crippen LogP contribution in [0.5, 0.6) is 11.5 Å². The first-order valence-corrected chi connectivity index (χ1v) is 10.1. The minimum Gasteiger partial charge on any atom is -0.496 e. The summed E-state index contributed by atoms with van der Waals surface area (Å²) >= 11 is 6.89. The fraction of sp³-hybridized carbons (Fsp3) is 0.190. The zero-order valence-electron chi connectivity index (χ0n) is 16.5. The molecule has 0 bridgehead atoms. The Balaban J connectivity index is 1.91. The molecule has 0 saturated carbocycles. The quantitative estimate of drug-likeness (QED) is 0.363. The number of nitrogens with zero attached hydrogens (tertiary/aromatic N) is 2. The van der Waals surface area contributed by atoms with Gasteiger partial charge in [-0.25, -0.2) is 4.79 Å². The maximum absolute atomic E-state index is 11.8. The van der Waals surface area contributed by atoms with Gasteiger partial charge in [0.15, 0.2) is 0 Å². The standard InChI is InChI=1S/C21H19ClN2O5S/c1-12(2)28-16-7-5-4-6-13(16)10-18(20(25)26)30-21-24-23-19(29-21)15-11-14(22)8-9-17(15)27-3/h4-12H,1-3H3,(H,25,26)/b18-10-. The third-order valence-electron chi connectivity index (χ3n) is 3.77. The summed E-state index contributed by atoms with van der Waals surface area (Å²) < 4.78 is 16.7. The first-order valence-electron chi connectivity index (χ1n) is 8.93. The largest absolute Gasteiger partial charge is 0.496 e. The number of aliphatic carboxylic acids is 1. The van der Waals surface area contributed by atoms with E-state index in [-0.39, 0.29) is 22.1 Å². The normalized spacial score (nSPS) is 11.6. The average molecular weight is 447 g/mol. The summed E-state index contributed by atoms with van der Waals surface area (Å²) in [6.07, 6.45) is 1.46. The van der Waals surface area contributed by atoms with Gasteiger partial charge >= 0.3 is 5.97 Å².